The molecular formula is C17H23NO. The highest BCUT2D eigenvalue weighted by Gasteiger charge is 2.08. The van der Waals surface area contributed by atoms with Crippen LogP contribution in [-0.4, -0.2) is 12.6 Å². The van der Waals surface area contributed by atoms with Gasteiger partial charge in [-0.15, -0.1) is 0 Å². The van der Waals surface area contributed by atoms with Crippen molar-refractivity contribution in [2.45, 2.75) is 39.7 Å². The van der Waals surface area contributed by atoms with E-state index in [1.54, 1.807) is 0 Å². The lowest BCUT2D eigenvalue weighted by molar-refractivity contribution is 0.464. The van der Waals surface area contributed by atoms with Gasteiger partial charge in [-0.05, 0) is 38.9 Å². The molecule has 0 spiro atoms. The Morgan fingerprint density at radius 3 is 2.53 bits per heavy atom. The molecule has 0 amide bonds. The summed E-state index contributed by atoms with van der Waals surface area (Å²) < 4.78 is 5.92. The molecule has 102 valence electrons. The smallest absolute Gasteiger partial charge is 0.134 e. The monoisotopic (exact) mass is 257 g/mol. The molecule has 0 radical (unpaired) electrons. The van der Waals surface area contributed by atoms with Crippen molar-refractivity contribution >= 4 is 0 Å². The third kappa shape index (κ3) is 3.97. The van der Waals surface area contributed by atoms with Crippen molar-refractivity contribution in [3.05, 3.63) is 47.7 Å². The molecule has 0 bridgehead atoms. The first-order valence-corrected chi connectivity index (χ1v) is 7.08. The standard InChI is InChI=1S/C17H23NO/c1-4-11-18-14(3)12-16-9-10-17(19-16)15-7-5-13(2)6-8-15/h5-10,14,18H,4,11-12H2,1-3H3. The maximum atomic E-state index is 5.92. The Kier molecular flexibility index (Phi) is 4.80. The minimum absolute atomic E-state index is 0.456. The van der Waals surface area contributed by atoms with Crippen molar-refractivity contribution < 1.29 is 4.42 Å². The predicted molar refractivity (Wildman–Crippen MR) is 80.3 cm³/mol. The molecule has 0 aliphatic rings. The molecule has 1 aromatic heterocycles. The fourth-order valence-electron chi connectivity index (χ4n) is 2.13. The van der Waals surface area contributed by atoms with E-state index < -0.39 is 0 Å². The van der Waals surface area contributed by atoms with Gasteiger partial charge in [0.25, 0.3) is 0 Å². The van der Waals surface area contributed by atoms with Crippen molar-refractivity contribution in [2.24, 2.45) is 0 Å². The van der Waals surface area contributed by atoms with Crippen LogP contribution in [-0.2, 0) is 6.42 Å². The minimum Gasteiger partial charge on any atom is -0.461 e. The minimum atomic E-state index is 0.456. The summed E-state index contributed by atoms with van der Waals surface area (Å²) in [6, 6.07) is 13.0. The van der Waals surface area contributed by atoms with E-state index in [2.05, 4.69) is 62.5 Å². The second kappa shape index (κ2) is 6.58. The van der Waals surface area contributed by atoms with E-state index >= 15 is 0 Å². The Bertz CT molecular complexity index is 498. The Hall–Kier alpha value is -1.54. The van der Waals surface area contributed by atoms with Gasteiger partial charge in [-0.1, -0.05) is 36.8 Å². The van der Waals surface area contributed by atoms with Crippen molar-refractivity contribution in [1.82, 2.24) is 5.32 Å². The lowest BCUT2D eigenvalue weighted by Gasteiger charge is -2.10. The van der Waals surface area contributed by atoms with Crippen molar-refractivity contribution in [2.75, 3.05) is 6.54 Å². The number of benzene rings is 1. The molecule has 0 fully saturated rings. The van der Waals surface area contributed by atoms with Crippen LogP contribution in [0.1, 0.15) is 31.6 Å². The highest BCUT2D eigenvalue weighted by Crippen LogP contribution is 2.23. The Labute approximate surface area is 115 Å². The first-order valence-electron chi connectivity index (χ1n) is 7.08. The lowest BCUT2D eigenvalue weighted by Crippen LogP contribution is -2.28. The summed E-state index contributed by atoms with van der Waals surface area (Å²) in [5.41, 5.74) is 2.42. The summed E-state index contributed by atoms with van der Waals surface area (Å²) in [6.07, 6.45) is 2.10. The summed E-state index contributed by atoms with van der Waals surface area (Å²) >= 11 is 0. The topological polar surface area (TPSA) is 25.2 Å². The zero-order valence-electron chi connectivity index (χ0n) is 12.1. The van der Waals surface area contributed by atoms with E-state index in [9.17, 15) is 0 Å². The SMILES string of the molecule is CCCNC(C)Cc1ccc(-c2ccc(C)cc2)o1. The van der Waals surface area contributed by atoms with Gasteiger partial charge in [0.2, 0.25) is 0 Å². The average Bonchev–Trinajstić information content (AvgIpc) is 2.85. The van der Waals surface area contributed by atoms with Gasteiger partial charge in [0.05, 0.1) is 0 Å². The van der Waals surface area contributed by atoms with E-state index in [0.29, 0.717) is 6.04 Å². The van der Waals surface area contributed by atoms with Gasteiger partial charge < -0.3 is 9.73 Å². The van der Waals surface area contributed by atoms with E-state index in [4.69, 9.17) is 4.42 Å². The molecule has 2 heteroatoms. The average molecular weight is 257 g/mol. The molecule has 19 heavy (non-hydrogen) atoms. The molecule has 2 rings (SSSR count). The van der Waals surface area contributed by atoms with E-state index in [0.717, 1.165) is 36.5 Å². The van der Waals surface area contributed by atoms with Gasteiger partial charge in [-0.3, -0.25) is 0 Å². The Balaban J connectivity index is 2.00. The molecular weight excluding hydrogens is 234 g/mol. The molecule has 1 unspecified atom stereocenters. The Morgan fingerprint density at radius 1 is 1.11 bits per heavy atom. The van der Waals surface area contributed by atoms with Crippen molar-refractivity contribution in [3.8, 4) is 11.3 Å². The number of furan rings is 1. The van der Waals surface area contributed by atoms with E-state index in [-0.39, 0.29) is 0 Å². The van der Waals surface area contributed by atoms with Gasteiger partial charge in [0.1, 0.15) is 11.5 Å². The molecule has 2 aromatic rings. The van der Waals surface area contributed by atoms with Crippen LogP contribution < -0.4 is 5.32 Å². The number of rotatable bonds is 6. The van der Waals surface area contributed by atoms with Gasteiger partial charge >= 0.3 is 0 Å². The highest BCUT2D eigenvalue weighted by molar-refractivity contribution is 5.57. The van der Waals surface area contributed by atoms with Gasteiger partial charge in [0.15, 0.2) is 0 Å². The fraction of sp³-hybridized carbons (Fsp3) is 0.412. The molecule has 1 heterocycles. The summed E-state index contributed by atoms with van der Waals surface area (Å²) in [7, 11) is 0. The molecule has 2 nitrogen and oxygen atoms in total. The maximum Gasteiger partial charge on any atom is 0.134 e. The highest BCUT2D eigenvalue weighted by atomic mass is 16.3. The molecule has 1 aromatic carbocycles. The van der Waals surface area contributed by atoms with Crippen LogP contribution in [0.15, 0.2) is 40.8 Å². The van der Waals surface area contributed by atoms with Crippen LogP contribution >= 0.6 is 0 Å². The van der Waals surface area contributed by atoms with Gasteiger partial charge in [-0.2, -0.15) is 0 Å². The molecule has 0 saturated carbocycles. The third-order valence-electron chi connectivity index (χ3n) is 3.25. The first kappa shape index (κ1) is 13.9. The molecule has 1 N–H and O–H groups in total. The number of nitrogens with one attached hydrogen (secondary N) is 1. The number of aryl methyl sites for hydroxylation is 1. The first-order chi connectivity index (χ1) is 9.19. The van der Waals surface area contributed by atoms with Crippen molar-refractivity contribution in [3.63, 3.8) is 0 Å². The normalized spacial score (nSPS) is 12.6. The summed E-state index contributed by atoms with van der Waals surface area (Å²) in [4.78, 5) is 0. The largest absolute Gasteiger partial charge is 0.461 e. The Morgan fingerprint density at radius 2 is 1.84 bits per heavy atom. The second-order valence-corrected chi connectivity index (χ2v) is 5.19. The zero-order chi connectivity index (χ0) is 13.7. The lowest BCUT2D eigenvalue weighted by atomic mass is 10.1. The molecule has 0 saturated heterocycles. The molecule has 1 atom stereocenters. The second-order valence-electron chi connectivity index (χ2n) is 5.19. The zero-order valence-corrected chi connectivity index (χ0v) is 12.1. The van der Waals surface area contributed by atoms with Gasteiger partial charge in [0, 0.05) is 18.0 Å². The number of hydrogen-bond acceptors (Lipinski definition) is 2. The van der Waals surface area contributed by atoms with Crippen LogP contribution in [0.2, 0.25) is 0 Å². The van der Waals surface area contributed by atoms with Gasteiger partial charge in [-0.25, -0.2) is 0 Å². The van der Waals surface area contributed by atoms with Crippen LogP contribution in [0.5, 0.6) is 0 Å². The van der Waals surface area contributed by atoms with E-state index in [1.807, 2.05) is 0 Å². The van der Waals surface area contributed by atoms with Crippen LogP contribution in [0.3, 0.4) is 0 Å². The summed E-state index contributed by atoms with van der Waals surface area (Å²) in [5.74, 6) is 2.00. The third-order valence-corrected chi connectivity index (χ3v) is 3.25. The predicted octanol–water partition coefficient (Wildman–Crippen LogP) is 4.19. The van der Waals surface area contributed by atoms with Crippen LogP contribution in [0.4, 0.5) is 0 Å². The maximum absolute atomic E-state index is 5.92. The van der Waals surface area contributed by atoms with Crippen LogP contribution in [0.25, 0.3) is 11.3 Å². The van der Waals surface area contributed by atoms with E-state index in [1.165, 1.54) is 5.56 Å². The molecule has 0 aliphatic carbocycles. The quantitative estimate of drug-likeness (QED) is 0.839. The summed E-state index contributed by atoms with van der Waals surface area (Å²) in [6.45, 7) is 7.54. The van der Waals surface area contributed by atoms with Crippen molar-refractivity contribution in [1.29, 1.82) is 0 Å². The fourth-order valence-corrected chi connectivity index (χ4v) is 2.13. The number of hydrogen-bond donors (Lipinski definition) is 1. The molecule has 0 aliphatic heterocycles. The summed E-state index contributed by atoms with van der Waals surface area (Å²) in [5, 5.41) is 3.48. The van der Waals surface area contributed by atoms with Crippen LogP contribution in [0, 0.1) is 6.92 Å².